The summed E-state index contributed by atoms with van der Waals surface area (Å²) < 4.78 is 0. The number of H-pyrrole nitrogens is 1. The third-order valence-electron chi connectivity index (χ3n) is 7.80. The summed E-state index contributed by atoms with van der Waals surface area (Å²) in [5, 5.41) is 9.04. The molecule has 0 aliphatic heterocycles. The molecule has 1 fully saturated rings. The molecule has 3 aromatic carbocycles. The van der Waals surface area contributed by atoms with Gasteiger partial charge in [-0.1, -0.05) is 74.4 Å². The highest BCUT2D eigenvalue weighted by atomic mass is 16.4. The highest BCUT2D eigenvalue weighted by Crippen LogP contribution is 2.37. The Morgan fingerprint density at radius 1 is 0.889 bits per heavy atom. The Labute approximate surface area is 213 Å². The topological polar surface area (TPSA) is 66.0 Å². The average molecular weight is 481 g/mol. The van der Waals surface area contributed by atoms with Crippen molar-refractivity contribution in [1.82, 2.24) is 9.97 Å². The molecule has 1 heterocycles. The molecule has 5 rings (SSSR count). The second-order valence-corrected chi connectivity index (χ2v) is 10.4. The van der Waals surface area contributed by atoms with Crippen molar-refractivity contribution in [1.29, 1.82) is 0 Å². The van der Waals surface area contributed by atoms with E-state index in [1.54, 1.807) is 0 Å². The summed E-state index contributed by atoms with van der Waals surface area (Å²) >= 11 is 0. The van der Waals surface area contributed by atoms with E-state index >= 15 is 0 Å². The first kappa shape index (κ1) is 24.3. The van der Waals surface area contributed by atoms with Gasteiger partial charge in [-0.25, -0.2) is 4.98 Å². The van der Waals surface area contributed by atoms with Gasteiger partial charge in [0.2, 0.25) is 0 Å². The predicted octanol–water partition coefficient (Wildman–Crippen LogP) is 8.38. The van der Waals surface area contributed by atoms with Crippen molar-refractivity contribution in [3.8, 4) is 22.5 Å². The van der Waals surface area contributed by atoms with Crippen LogP contribution >= 0.6 is 0 Å². The van der Waals surface area contributed by atoms with Crippen LogP contribution in [0.25, 0.3) is 33.5 Å². The van der Waals surface area contributed by atoms with Crippen molar-refractivity contribution in [3.63, 3.8) is 0 Å². The lowest BCUT2D eigenvalue weighted by molar-refractivity contribution is -0.138. The Hall–Kier alpha value is -3.40. The van der Waals surface area contributed by atoms with E-state index in [0.717, 1.165) is 54.5 Å². The molecule has 4 nitrogen and oxygen atoms in total. The first-order valence-corrected chi connectivity index (χ1v) is 13.5. The van der Waals surface area contributed by atoms with Crippen LogP contribution in [-0.4, -0.2) is 21.0 Å². The number of aromatic amines is 1. The molecule has 0 atom stereocenters. The number of unbranched alkanes of at least 4 members (excludes halogenated alkanes) is 2. The second kappa shape index (κ2) is 11.1. The molecule has 0 bridgehead atoms. The quantitative estimate of drug-likeness (QED) is 0.236. The van der Waals surface area contributed by atoms with Crippen LogP contribution in [-0.2, 0) is 11.2 Å². The van der Waals surface area contributed by atoms with Gasteiger partial charge < -0.3 is 10.1 Å². The zero-order valence-electron chi connectivity index (χ0n) is 21.2. The molecule has 186 valence electrons. The maximum atomic E-state index is 11.0. The minimum atomic E-state index is -0.666. The number of carboxylic acids is 1. The van der Waals surface area contributed by atoms with E-state index in [0.29, 0.717) is 18.3 Å². The summed E-state index contributed by atoms with van der Waals surface area (Å²) in [4.78, 5) is 19.3. The molecule has 0 spiro atoms. The van der Waals surface area contributed by atoms with Crippen LogP contribution < -0.4 is 0 Å². The number of aromatic nitrogens is 2. The van der Waals surface area contributed by atoms with Gasteiger partial charge >= 0.3 is 5.97 Å². The van der Waals surface area contributed by atoms with Crippen molar-refractivity contribution in [2.24, 2.45) is 5.92 Å². The van der Waals surface area contributed by atoms with Gasteiger partial charge in [0, 0.05) is 12.0 Å². The fourth-order valence-electron chi connectivity index (χ4n) is 5.64. The average Bonchev–Trinajstić information content (AvgIpc) is 3.33. The molecule has 1 aliphatic carbocycles. The minimum Gasteiger partial charge on any atom is -0.481 e. The number of carbonyl (C=O) groups is 1. The Bertz CT molecular complexity index is 1300. The van der Waals surface area contributed by atoms with Crippen molar-refractivity contribution in [3.05, 3.63) is 77.9 Å². The first-order chi connectivity index (χ1) is 17.6. The largest absolute Gasteiger partial charge is 0.481 e. The number of aryl methyl sites for hydroxylation is 1. The standard InChI is InChI=1S/C32H36N2O2/c1-2-3-4-5-22-8-19-29-30(20-22)34-32(33-29)28-17-15-27(16-18-28)26-13-11-25(12-14-26)24-9-6-23(7-10-24)21-31(35)36/h8,11-20,23-24H,2-7,9-10,21H2,1H3,(H,33,34)(H,35,36). The van der Waals surface area contributed by atoms with Gasteiger partial charge in [-0.3, -0.25) is 4.79 Å². The molecule has 1 saturated carbocycles. The van der Waals surface area contributed by atoms with Gasteiger partial charge in [-0.05, 0) is 84.7 Å². The number of carboxylic acid groups (broad SMARTS) is 1. The molecule has 0 radical (unpaired) electrons. The maximum Gasteiger partial charge on any atom is 0.303 e. The molecular formula is C32H36N2O2. The second-order valence-electron chi connectivity index (χ2n) is 10.4. The van der Waals surface area contributed by atoms with Gasteiger partial charge in [0.25, 0.3) is 0 Å². The molecule has 0 unspecified atom stereocenters. The van der Waals surface area contributed by atoms with Gasteiger partial charge in [0.1, 0.15) is 5.82 Å². The van der Waals surface area contributed by atoms with Gasteiger partial charge in [-0.15, -0.1) is 0 Å². The molecule has 0 amide bonds. The zero-order valence-corrected chi connectivity index (χ0v) is 21.2. The molecule has 2 N–H and O–H groups in total. The molecule has 4 heteroatoms. The van der Waals surface area contributed by atoms with Crippen LogP contribution in [0.3, 0.4) is 0 Å². The lowest BCUT2D eigenvalue weighted by Crippen LogP contribution is -2.16. The van der Waals surface area contributed by atoms with Gasteiger partial charge in [0.15, 0.2) is 0 Å². The van der Waals surface area contributed by atoms with Crippen LogP contribution in [0, 0.1) is 5.92 Å². The van der Waals surface area contributed by atoms with Crippen molar-refractivity contribution in [2.45, 2.75) is 70.6 Å². The highest BCUT2D eigenvalue weighted by Gasteiger charge is 2.24. The first-order valence-electron chi connectivity index (χ1n) is 13.5. The fourth-order valence-corrected chi connectivity index (χ4v) is 5.64. The maximum absolute atomic E-state index is 11.0. The molecule has 1 aliphatic rings. The van der Waals surface area contributed by atoms with Gasteiger partial charge in [0.05, 0.1) is 11.0 Å². The third kappa shape index (κ3) is 5.70. The predicted molar refractivity (Wildman–Crippen MR) is 147 cm³/mol. The zero-order chi connectivity index (χ0) is 24.9. The summed E-state index contributed by atoms with van der Waals surface area (Å²) in [5.41, 5.74) is 8.38. The lowest BCUT2D eigenvalue weighted by atomic mass is 9.77. The molecule has 36 heavy (non-hydrogen) atoms. The monoisotopic (exact) mass is 480 g/mol. The minimum absolute atomic E-state index is 0.315. The van der Waals surface area contributed by atoms with E-state index in [1.807, 2.05) is 0 Å². The Balaban J connectivity index is 1.24. The van der Waals surface area contributed by atoms with E-state index < -0.39 is 5.97 Å². The summed E-state index contributed by atoms with van der Waals surface area (Å²) in [6, 6.07) is 24.2. The normalized spacial score (nSPS) is 17.9. The highest BCUT2D eigenvalue weighted by molar-refractivity contribution is 5.80. The van der Waals surface area contributed by atoms with Crippen LogP contribution in [0.15, 0.2) is 66.7 Å². The van der Waals surface area contributed by atoms with Crippen molar-refractivity contribution in [2.75, 3.05) is 0 Å². The lowest BCUT2D eigenvalue weighted by Gasteiger charge is -2.28. The number of aliphatic carboxylic acids is 1. The van der Waals surface area contributed by atoms with E-state index in [2.05, 4.69) is 78.6 Å². The summed E-state index contributed by atoms with van der Waals surface area (Å²) in [6.45, 7) is 2.24. The van der Waals surface area contributed by atoms with Crippen LogP contribution in [0.1, 0.15) is 75.3 Å². The molecule has 0 saturated heterocycles. The third-order valence-corrected chi connectivity index (χ3v) is 7.80. The number of imidazole rings is 1. The Kier molecular flexibility index (Phi) is 7.50. The Morgan fingerprint density at radius 3 is 2.22 bits per heavy atom. The fraction of sp³-hybridized carbons (Fsp3) is 0.375. The van der Waals surface area contributed by atoms with E-state index in [1.165, 1.54) is 41.5 Å². The molecule has 4 aromatic rings. The van der Waals surface area contributed by atoms with Crippen LogP contribution in [0.2, 0.25) is 0 Å². The SMILES string of the molecule is CCCCCc1ccc2nc(-c3ccc(-c4ccc(C5CCC(CC(=O)O)CC5)cc4)cc3)[nH]c2c1. The van der Waals surface area contributed by atoms with Crippen LogP contribution in [0.5, 0.6) is 0 Å². The molecule has 1 aromatic heterocycles. The van der Waals surface area contributed by atoms with E-state index in [4.69, 9.17) is 10.1 Å². The van der Waals surface area contributed by atoms with Crippen molar-refractivity contribution >= 4 is 17.0 Å². The summed E-state index contributed by atoms with van der Waals surface area (Å²) in [7, 11) is 0. The summed E-state index contributed by atoms with van der Waals surface area (Å²) in [6.07, 6.45) is 9.40. The summed E-state index contributed by atoms with van der Waals surface area (Å²) in [5.74, 6) is 1.14. The van der Waals surface area contributed by atoms with Gasteiger partial charge in [-0.2, -0.15) is 0 Å². The number of hydrogen-bond donors (Lipinski definition) is 2. The number of nitrogens with zero attached hydrogens (tertiary/aromatic N) is 1. The number of fused-ring (bicyclic) bond motifs is 1. The van der Waals surface area contributed by atoms with Crippen molar-refractivity contribution < 1.29 is 9.90 Å². The smallest absolute Gasteiger partial charge is 0.303 e. The van der Waals surface area contributed by atoms with E-state index in [-0.39, 0.29) is 0 Å². The molecular weight excluding hydrogens is 444 g/mol. The number of benzene rings is 3. The number of hydrogen-bond acceptors (Lipinski definition) is 2. The van der Waals surface area contributed by atoms with Crippen LogP contribution in [0.4, 0.5) is 0 Å². The van der Waals surface area contributed by atoms with E-state index in [9.17, 15) is 4.79 Å². The number of rotatable bonds is 9. The Morgan fingerprint density at radius 2 is 1.56 bits per heavy atom. The number of nitrogens with one attached hydrogen (secondary N) is 1.